The van der Waals surface area contributed by atoms with Crippen molar-refractivity contribution in [3.05, 3.63) is 120 Å². The molecule has 0 unspecified atom stereocenters. The third-order valence-electron chi connectivity index (χ3n) is 5.16. The maximum absolute atomic E-state index is 12.5. The molecule has 1 aromatic heterocycles. The van der Waals surface area contributed by atoms with Crippen LogP contribution in [-0.2, 0) is 10.1 Å². The van der Waals surface area contributed by atoms with Gasteiger partial charge in [-0.15, -0.1) is 0 Å². The predicted octanol–water partition coefficient (Wildman–Crippen LogP) is 6.13. The lowest BCUT2D eigenvalue weighted by Crippen LogP contribution is -2.70. The van der Waals surface area contributed by atoms with Crippen LogP contribution >= 0.6 is 11.6 Å². The minimum atomic E-state index is -6.00. The minimum Gasteiger partial charge on any atom is -0.456 e. The lowest BCUT2D eigenvalue weighted by atomic mass is 10.1. The SMILES string of the molecule is F[B-](F)(F)F.O=S(=O)(Oc1ccc([NH+]=c2cc(-c3ccccc3)oc3ccc(Cl)cc23)cc1)c1ccccc1. The molecule has 0 bridgehead atoms. The van der Waals surface area contributed by atoms with Gasteiger partial charge in [0.25, 0.3) is 0 Å². The third kappa shape index (κ3) is 7.95. The van der Waals surface area contributed by atoms with Gasteiger partial charge in [0.15, 0.2) is 0 Å². The van der Waals surface area contributed by atoms with Crippen LogP contribution in [0.25, 0.3) is 22.3 Å². The van der Waals surface area contributed by atoms with Gasteiger partial charge < -0.3 is 25.9 Å². The lowest BCUT2D eigenvalue weighted by Gasteiger charge is -2.06. The van der Waals surface area contributed by atoms with Crippen molar-refractivity contribution in [3.8, 4) is 17.1 Å². The zero-order valence-electron chi connectivity index (χ0n) is 19.9. The van der Waals surface area contributed by atoms with Crippen LogP contribution in [0, 0.1) is 0 Å². The van der Waals surface area contributed by atoms with E-state index >= 15 is 0 Å². The smallest absolute Gasteiger partial charge is 0.456 e. The van der Waals surface area contributed by atoms with Gasteiger partial charge in [-0.05, 0) is 42.5 Å². The van der Waals surface area contributed by atoms with Crippen LogP contribution in [0.3, 0.4) is 0 Å². The standard InChI is InChI=1S/C27H18ClNO4S.BF4/c28-20-11-16-26-24(17-20)25(18-27(32-26)19-7-3-1-4-8-19)29-21-12-14-22(15-13-21)33-34(30,31)23-9-5-2-6-10-23;2-1(3,4)5/h1-18H;/q;-1/p+1. The van der Waals surface area contributed by atoms with Crippen LogP contribution in [0.15, 0.2) is 119 Å². The van der Waals surface area contributed by atoms with Crippen LogP contribution in [0.1, 0.15) is 0 Å². The molecular weight excluding hydrogens is 557 g/mol. The molecule has 0 saturated heterocycles. The molecule has 0 spiro atoms. The molecule has 0 aliphatic carbocycles. The number of hydrogen-bond acceptors (Lipinski definition) is 4. The van der Waals surface area contributed by atoms with Crippen molar-refractivity contribution < 1.29 is 39.3 Å². The highest BCUT2D eigenvalue weighted by Gasteiger charge is 2.20. The largest absolute Gasteiger partial charge is 0.673 e. The molecular formula is C27H19BClF4NO4S. The van der Waals surface area contributed by atoms with Gasteiger partial charge in [0.05, 0.1) is 11.5 Å². The van der Waals surface area contributed by atoms with Crippen molar-refractivity contribution in [3.63, 3.8) is 0 Å². The highest BCUT2D eigenvalue weighted by atomic mass is 35.5. The summed E-state index contributed by atoms with van der Waals surface area (Å²) in [5.41, 5.74) is 2.37. The van der Waals surface area contributed by atoms with E-state index in [9.17, 15) is 25.7 Å². The minimum absolute atomic E-state index is 0.0991. The summed E-state index contributed by atoms with van der Waals surface area (Å²) in [5, 5.41) is 2.21. The summed E-state index contributed by atoms with van der Waals surface area (Å²) in [6.45, 7) is 0. The molecule has 12 heteroatoms. The van der Waals surface area contributed by atoms with Crippen molar-refractivity contribution in [1.29, 1.82) is 0 Å². The maximum atomic E-state index is 12.5. The topological polar surface area (TPSA) is 70.5 Å². The maximum Gasteiger partial charge on any atom is 0.673 e. The van der Waals surface area contributed by atoms with Gasteiger partial charge in [-0.1, -0.05) is 60.1 Å². The van der Waals surface area contributed by atoms with Crippen LogP contribution in [0.5, 0.6) is 5.75 Å². The van der Waals surface area contributed by atoms with Gasteiger partial charge in [0.1, 0.15) is 22.0 Å². The summed E-state index contributed by atoms with van der Waals surface area (Å²) in [6, 6.07) is 31.9. The number of benzene rings is 4. The van der Waals surface area contributed by atoms with E-state index in [4.69, 9.17) is 20.2 Å². The number of hydrogen-bond donors (Lipinski definition) is 1. The Morgan fingerprint density at radius 2 is 1.36 bits per heavy atom. The Labute approximate surface area is 226 Å². The fourth-order valence-corrected chi connectivity index (χ4v) is 4.64. The summed E-state index contributed by atoms with van der Waals surface area (Å²) < 4.78 is 75.3. The Morgan fingerprint density at radius 1 is 0.769 bits per heavy atom. The van der Waals surface area contributed by atoms with Crippen molar-refractivity contribution in [2.75, 3.05) is 0 Å². The van der Waals surface area contributed by atoms with Crippen molar-refractivity contribution in [2.45, 2.75) is 4.90 Å². The number of fused-ring (bicyclic) bond motifs is 1. The van der Waals surface area contributed by atoms with E-state index in [2.05, 4.69) is 4.99 Å². The van der Waals surface area contributed by atoms with Gasteiger partial charge in [-0.3, -0.25) is 0 Å². The Morgan fingerprint density at radius 3 is 1.97 bits per heavy atom. The van der Waals surface area contributed by atoms with Crippen LogP contribution in [0.4, 0.5) is 23.0 Å². The predicted molar refractivity (Wildman–Crippen MR) is 141 cm³/mol. The van der Waals surface area contributed by atoms with Crippen molar-refractivity contribution in [1.82, 2.24) is 0 Å². The van der Waals surface area contributed by atoms with E-state index in [-0.39, 0.29) is 10.6 Å². The molecule has 1 heterocycles. The summed E-state index contributed by atoms with van der Waals surface area (Å²) in [6.07, 6.45) is 0. The van der Waals surface area contributed by atoms with Crippen molar-refractivity contribution >= 4 is 45.6 Å². The third-order valence-corrected chi connectivity index (χ3v) is 6.65. The fourth-order valence-electron chi connectivity index (χ4n) is 3.52. The first-order valence-corrected chi connectivity index (χ1v) is 13.1. The molecule has 0 saturated carbocycles. The van der Waals surface area contributed by atoms with E-state index in [1.807, 2.05) is 48.5 Å². The molecule has 200 valence electrons. The van der Waals surface area contributed by atoms with Gasteiger partial charge >= 0.3 is 17.4 Å². The molecule has 0 aliphatic rings. The first-order chi connectivity index (χ1) is 18.5. The second-order valence-corrected chi connectivity index (χ2v) is 10.0. The Bertz CT molecular complexity index is 1740. The second-order valence-electron chi connectivity index (χ2n) is 8.03. The van der Waals surface area contributed by atoms with Crippen LogP contribution < -0.4 is 14.5 Å². The summed E-state index contributed by atoms with van der Waals surface area (Å²) in [5.74, 6) is 0.919. The molecule has 0 aliphatic heterocycles. The lowest BCUT2D eigenvalue weighted by molar-refractivity contribution is -0.400. The van der Waals surface area contributed by atoms with Crippen LogP contribution in [0.2, 0.25) is 5.02 Å². The van der Waals surface area contributed by atoms with Gasteiger partial charge in [-0.2, -0.15) is 8.42 Å². The second kappa shape index (κ2) is 11.8. The average molecular weight is 576 g/mol. The van der Waals surface area contributed by atoms with Gasteiger partial charge in [0.2, 0.25) is 11.0 Å². The van der Waals surface area contributed by atoms with Crippen LogP contribution in [-0.4, -0.2) is 15.7 Å². The van der Waals surface area contributed by atoms with E-state index in [0.717, 1.165) is 22.0 Å². The summed E-state index contributed by atoms with van der Waals surface area (Å²) in [4.78, 5) is 3.48. The zero-order chi connectivity index (χ0) is 28.0. The molecule has 5 nitrogen and oxygen atoms in total. The summed E-state index contributed by atoms with van der Waals surface area (Å²) in [7, 11) is -9.90. The molecule has 4 aromatic carbocycles. The Balaban J connectivity index is 0.000000648. The number of rotatable bonds is 5. The average Bonchev–Trinajstić information content (AvgIpc) is 2.90. The van der Waals surface area contributed by atoms with E-state index in [1.54, 1.807) is 48.5 Å². The molecule has 39 heavy (non-hydrogen) atoms. The van der Waals surface area contributed by atoms with E-state index < -0.39 is 17.4 Å². The molecule has 0 radical (unpaired) electrons. The molecule has 0 fully saturated rings. The monoisotopic (exact) mass is 575 g/mol. The Hall–Kier alpha value is -4.09. The molecule has 1 N–H and O–H groups in total. The first-order valence-electron chi connectivity index (χ1n) is 11.3. The van der Waals surface area contributed by atoms with Gasteiger partial charge in [0, 0.05) is 22.7 Å². The quantitative estimate of drug-likeness (QED) is 0.155. The highest BCUT2D eigenvalue weighted by molar-refractivity contribution is 7.87. The first kappa shape index (κ1) is 27.9. The van der Waals surface area contributed by atoms with E-state index in [1.165, 1.54) is 12.1 Å². The molecule has 0 atom stereocenters. The molecule has 5 rings (SSSR count). The number of halogens is 5. The summed E-state index contributed by atoms with van der Waals surface area (Å²) >= 11 is 6.24. The Kier molecular flexibility index (Phi) is 8.42. The van der Waals surface area contributed by atoms with Gasteiger partial charge in [-0.25, -0.2) is 4.99 Å². The fraction of sp³-hybridized carbons (Fsp3) is 0. The van der Waals surface area contributed by atoms with Crippen molar-refractivity contribution in [2.24, 2.45) is 0 Å². The zero-order valence-corrected chi connectivity index (χ0v) is 21.5. The normalized spacial score (nSPS) is 12.1. The molecule has 0 amide bonds. The van der Waals surface area contributed by atoms with E-state index in [0.29, 0.717) is 16.4 Å². The molecule has 5 aromatic rings. The number of nitrogens with one attached hydrogen (secondary N) is 1. The highest BCUT2D eigenvalue weighted by Crippen LogP contribution is 2.24.